The van der Waals surface area contributed by atoms with E-state index in [0.717, 1.165) is 29.3 Å². The van der Waals surface area contributed by atoms with Gasteiger partial charge in [0.05, 0.1) is 49.7 Å². The summed E-state index contributed by atoms with van der Waals surface area (Å²) in [6, 6.07) is 9.26. The van der Waals surface area contributed by atoms with Crippen LogP contribution in [0.5, 0.6) is 11.5 Å². The van der Waals surface area contributed by atoms with Crippen molar-refractivity contribution in [2.75, 3.05) is 60.5 Å². The van der Waals surface area contributed by atoms with Gasteiger partial charge in [0.15, 0.2) is 11.6 Å². The Morgan fingerprint density at radius 1 is 0.976 bits per heavy atom. The Balaban J connectivity index is 1.50. The normalized spacial score (nSPS) is 14.1. The minimum atomic E-state index is -3.63. The number of benzene rings is 2. The van der Waals surface area contributed by atoms with Gasteiger partial charge >= 0.3 is 0 Å². The monoisotopic (exact) mass is 580 g/mol. The first-order valence-corrected chi connectivity index (χ1v) is 14.8. The maximum Gasteiger partial charge on any atom is 0.232 e. The molecule has 14 heteroatoms. The summed E-state index contributed by atoms with van der Waals surface area (Å²) in [5.74, 6) is 1.51. The van der Waals surface area contributed by atoms with Crippen molar-refractivity contribution in [3.63, 3.8) is 0 Å². The Morgan fingerprint density at radius 3 is 2.41 bits per heavy atom. The number of hydrogen-bond donors (Lipinski definition) is 3. The Labute approximate surface area is 238 Å². The number of fused-ring (bicyclic) bond motifs is 1. The minimum absolute atomic E-state index is 0.261. The Morgan fingerprint density at radius 2 is 1.71 bits per heavy atom. The van der Waals surface area contributed by atoms with Gasteiger partial charge < -0.3 is 30.1 Å². The van der Waals surface area contributed by atoms with E-state index in [2.05, 4.69) is 35.5 Å². The third-order valence-corrected chi connectivity index (χ3v) is 8.09. The van der Waals surface area contributed by atoms with Crippen LogP contribution >= 0.6 is 0 Å². The number of nitrogens with zero attached hydrogens (tertiary/aromatic N) is 6. The average Bonchev–Trinajstić information content (AvgIpc) is 2.97. The lowest BCUT2D eigenvalue weighted by Crippen LogP contribution is -2.35. The highest BCUT2D eigenvalue weighted by atomic mass is 32.2. The van der Waals surface area contributed by atoms with Gasteiger partial charge in [-0.2, -0.15) is 4.98 Å². The van der Waals surface area contributed by atoms with E-state index in [9.17, 15) is 13.5 Å². The van der Waals surface area contributed by atoms with Crippen molar-refractivity contribution in [1.29, 1.82) is 0 Å². The maximum absolute atomic E-state index is 12.5. The highest BCUT2D eigenvalue weighted by molar-refractivity contribution is 7.92. The van der Waals surface area contributed by atoms with Crippen molar-refractivity contribution in [2.45, 2.75) is 18.9 Å². The molecule has 2 aromatic carbocycles. The molecule has 4 aromatic rings. The third kappa shape index (κ3) is 6.02. The number of aliphatic hydroxyl groups excluding tert-OH is 1. The lowest BCUT2D eigenvalue weighted by atomic mass is 10.1. The fraction of sp³-hybridized carbons (Fsp3) is 0.333. The lowest BCUT2D eigenvalue weighted by molar-refractivity contribution is 0.145. The van der Waals surface area contributed by atoms with E-state index in [-0.39, 0.29) is 12.1 Å². The van der Waals surface area contributed by atoms with Crippen molar-refractivity contribution in [3.8, 4) is 11.5 Å². The van der Waals surface area contributed by atoms with Crippen LogP contribution in [0.25, 0.3) is 11.0 Å². The molecule has 0 saturated carbocycles. The number of nitrogens with one attached hydrogen (secondary N) is 2. The molecule has 1 saturated heterocycles. The Bertz CT molecular complexity index is 1660. The molecule has 0 atom stereocenters. The molecule has 1 fully saturated rings. The number of ether oxygens (including phenoxy) is 2. The highest BCUT2D eigenvalue weighted by Crippen LogP contribution is 2.38. The number of rotatable bonds is 9. The topological polar surface area (TPSA) is 155 Å². The molecule has 0 bridgehead atoms. The fourth-order valence-electron chi connectivity index (χ4n) is 4.64. The van der Waals surface area contributed by atoms with Crippen LogP contribution in [0.15, 0.2) is 48.9 Å². The first-order chi connectivity index (χ1) is 19.7. The SMILES string of the molecule is COc1ccc(N2CCC(O)CC2)cc1Nc1ncc(OC)c(Nc2ccc3nccnc3c2N(C)S(C)(=O)=O)n1. The van der Waals surface area contributed by atoms with Crippen molar-refractivity contribution < 1.29 is 23.0 Å². The summed E-state index contributed by atoms with van der Waals surface area (Å²) in [7, 11) is 0.901. The van der Waals surface area contributed by atoms with Gasteiger partial charge in [-0.05, 0) is 43.2 Å². The number of aliphatic hydroxyl groups is 1. The predicted molar refractivity (Wildman–Crippen MR) is 158 cm³/mol. The number of hydrogen-bond acceptors (Lipinski definition) is 12. The highest BCUT2D eigenvalue weighted by Gasteiger charge is 2.23. The summed E-state index contributed by atoms with van der Waals surface area (Å²) in [6.45, 7) is 1.50. The maximum atomic E-state index is 12.5. The van der Waals surface area contributed by atoms with E-state index >= 15 is 0 Å². The molecular formula is C27H32N8O5S. The minimum Gasteiger partial charge on any atom is -0.495 e. The second-order valence-corrected chi connectivity index (χ2v) is 11.6. The van der Waals surface area contributed by atoms with Crippen LogP contribution in [0.4, 0.5) is 34.5 Å². The van der Waals surface area contributed by atoms with Crippen LogP contribution in [0.3, 0.4) is 0 Å². The van der Waals surface area contributed by atoms with E-state index in [1.54, 1.807) is 25.4 Å². The van der Waals surface area contributed by atoms with Crippen molar-refractivity contribution >= 4 is 55.6 Å². The summed E-state index contributed by atoms with van der Waals surface area (Å²) in [5, 5.41) is 16.3. The average molecular weight is 581 g/mol. The molecule has 0 spiro atoms. The van der Waals surface area contributed by atoms with E-state index < -0.39 is 10.0 Å². The number of methoxy groups -OCH3 is 2. The molecule has 0 amide bonds. The van der Waals surface area contributed by atoms with Crippen LogP contribution in [0.1, 0.15) is 12.8 Å². The van der Waals surface area contributed by atoms with E-state index in [1.165, 1.54) is 26.6 Å². The second kappa shape index (κ2) is 11.6. The van der Waals surface area contributed by atoms with Crippen LogP contribution in [0, 0.1) is 0 Å². The van der Waals surface area contributed by atoms with Gasteiger partial charge in [0.2, 0.25) is 16.0 Å². The molecular weight excluding hydrogens is 548 g/mol. The number of aromatic nitrogens is 4. The van der Waals surface area contributed by atoms with Gasteiger partial charge in [-0.1, -0.05) is 0 Å². The predicted octanol–water partition coefficient (Wildman–Crippen LogP) is 3.28. The number of piperidine rings is 1. The third-order valence-electron chi connectivity index (χ3n) is 6.91. The molecule has 41 heavy (non-hydrogen) atoms. The van der Waals surface area contributed by atoms with Gasteiger partial charge in [0.25, 0.3) is 0 Å². The van der Waals surface area contributed by atoms with Gasteiger partial charge in [0.1, 0.15) is 17.0 Å². The fourth-order valence-corrected chi connectivity index (χ4v) is 5.16. The molecule has 3 N–H and O–H groups in total. The first-order valence-electron chi connectivity index (χ1n) is 12.9. The van der Waals surface area contributed by atoms with E-state index in [4.69, 9.17) is 9.47 Å². The molecule has 216 valence electrons. The van der Waals surface area contributed by atoms with Crippen LogP contribution < -0.4 is 29.3 Å². The smallest absolute Gasteiger partial charge is 0.232 e. The zero-order valence-electron chi connectivity index (χ0n) is 23.2. The van der Waals surface area contributed by atoms with Gasteiger partial charge in [0, 0.05) is 38.2 Å². The zero-order valence-corrected chi connectivity index (χ0v) is 24.0. The number of anilines is 6. The quantitative estimate of drug-likeness (QED) is 0.266. The molecule has 0 aliphatic carbocycles. The van der Waals surface area contributed by atoms with Crippen molar-refractivity contribution in [1.82, 2.24) is 19.9 Å². The van der Waals surface area contributed by atoms with Gasteiger partial charge in [-0.15, -0.1) is 0 Å². The zero-order chi connectivity index (χ0) is 29.1. The molecule has 1 aliphatic heterocycles. The standard InChI is InChI=1S/C27H32N8O5S/c1-34(41(4,37)38)25-20(7-6-19-24(25)29-12-11-28-19)31-26-23(40-3)16-30-27(33-26)32-21-15-17(5-8-22(21)39-2)35-13-9-18(36)10-14-35/h5-8,11-12,15-16,18,36H,9-10,13-14H2,1-4H3,(H2,30,31,32,33). The van der Waals surface area contributed by atoms with Crippen LogP contribution in [0.2, 0.25) is 0 Å². The molecule has 1 aliphatic rings. The number of sulfonamides is 1. The summed E-state index contributed by atoms with van der Waals surface area (Å²) >= 11 is 0. The summed E-state index contributed by atoms with van der Waals surface area (Å²) in [4.78, 5) is 20.0. The molecule has 3 heterocycles. The van der Waals surface area contributed by atoms with Crippen LogP contribution in [-0.4, -0.2) is 80.2 Å². The summed E-state index contributed by atoms with van der Waals surface area (Å²) in [6.07, 6.45) is 6.83. The van der Waals surface area contributed by atoms with Crippen LogP contribution in [-0.2, 0) is 10.0 Å². The lowest BCUT2D eigenvalue weighted by Gasteiger charge is -2.32. The van der Waals surface area contributed by atoms with E-state index in [0.29, 0.717) is 58.3 Å². The molecule has 13 nitrogen and oxygen atoms in total. The largest absolute Gasteiger partial charge is 0.495 e. The summed E-state index contributed by atoms with van der Waals surface area (Å²) in [5.41, 5.74) is 3.33. The Hall–Kier alpha value is -4.43. The van der Waals surface area contributed by atoms with E-state index in [1.807, 2.05) is 18.2 Å². The van der Waals surface area contributed by atoms with Crippen molar-refractivity contribution in [3.05, 3.63) is 48.9 Å². The first kappa shape index (κ1) is 28.1. The molecule has 0 unspecified atom stereocenters. The molecule has 0 radical (unpaired) electrons. The molecule has 5 rings (SSSR count). The molecule has 2 aromatic heterocycles. The Kier molecular flexibility index (Phi) is 7.94. The second-order valence-electron chi connectivity index (χ2n) is 9.58. The van der Waals surface area contributed by atoms with Crippen molar-refractivity contribution in [2.24, 2.45) is 0 Å². The van der Waals surface area contributed by atoms with Gasteiger partial charge in [-0.3, -0.25) is 14.3 Å². The summed E-state index contributed by atoms with van der Waals surface area (Å²) < 4.78 is 37.3. The van der Waals surface area contributed by atoms with Gasteiger partial charge in [-0.25, -0.2) is 13.4 Å².